The van der Waals surface area contributed by atoms with Crippen LogP contribution in [0.1, 0.15) is 0 Å². The molecular formula is C12H6BrCl2NO3. The topological polar surface area (TPSA) is 52.4 Å². The normalized spacial score (nSPS) is 10.3. The second kappa shape index (κ2) is 5.77. The van der Waals surface area contributed by atoms with Crippen LogP contribution in [0.4, 0.5) is 5.69 Å². The molecule has 0 fully saturated rings. The average molecular weight is 363 g/mol. The van der Waals surface area contributed by atoms with E-state index >= 15 is 0 Å². The highest BCUT2D eigenvalue weighted by molar-refractivity contribution is 9.10. The minimum Gasteiger partial charge on any atom is -0.450 e. The van der Waals surface area contributed by atoms with Gasteiger partial charge in [-0.2, -0.15) is 0 Å². The predicted molar refractivity (Wildman–Crippen MR) is 77.3 cm³/mol. The van der Waals surface area contributed by atoms with E-state index in [-0.39, 0.29) is 11.4 Å². The standard InChI is InChI=1S/C12H6BrCl2NO3/c13-7-1-2-12(11(3-7)16(17)18)19-10-5-8(14)4-9(15)6-10/h1-6H. The van der Waals surface area contributed by atoms with E-state index in [1.165, 1.54) is 24.3 Å². The fraction of sp³-hybridized carbons (Fsp3) is 0. The van der Waals surface area contributed by atoms with Crippen molar-refractivity contribution in [1.29, 1.82) is 0 Å². The molecule has 0 aliphatic rings. The van der Waals surface area contributed by atoms with Gasteiger partial charge in [-0.05, 0) is 30.3 Å². The molecule has 0 spiro atoms. The van der Waals surface area contributed by atoms with Crippen LogP contribution in [0, 0.1) is 10.1 Å². The van der Waals surface area contributed by atoms with Crippen molar-refractivity contribution in [3.05, 3.63) is 61.0 Å². The van der Waals surface area contributed by atoms with E-state index in [1.807, 2.05) is 0 Å². The van der Waals surface area contributed by atoms with Gasteiger partial charge in [0.05, 0.1) is 4.92 Å². The minimum absolute atomic E-state index is 0.117. The van der Waals surface area contributed by atoms with Crippen molar-refractivity contribution in [1.82, 2.24) is 0 Å². The summed E-state index contributed by atoms with van der Waals surface area (Å²) in [5.41, 5.74) is -0.148. The number of nitro benzene ring substituents is 1. The fourth-order valence-electron chi connectivity index (χ4n) is 1.43. The molecule has 0 bridgehead atoms. The Balaban J connectivity index is 2.40. The zero-order valence-corrected chi connectivity index (χ0v) is 12.4. The van der Waals surface area contributed by atoms with Crippen LogP contribution in [0.3, 0.4) is 0 Å². The van der Waals surface area contributed by atoms with Crippen LogP contribution in [0.15, 0.2) is 40.9 Å². The van der Waals surface area contributed by atoms with E-state index in [0.29, 0.717) is 20.3 Å². The quantitative estimate of drug-likeness (QED) is 0.538. The van der Waals surface area contributed by atoms with Crippen LogP contribution < -0.4 is 4.74 Å². The molecule has 0 unspecified atom stereocenters. The summed E-state index contributed by atoms with van der Waals surface area (Å²) in [6, 6.07) is 9.11. The van der Waals surface area contributed by atoms with Gasteiger partial charge in [-0.1, -0.05) is 39.1 Å². The highest BCUT2D eigenvalue weighted by Crippen LogP contribution is 2.35. The Morgan fingerprint density at radius 1 is 1.11 bits per heavy atom. The highest BCUT2D eigenvalue weighted by Gasteiger charge is 2.16. The molecule has 0 saturated carbocycles. The van der Waals surface area contributed by atoms with Gasteiger partial charge in [-0.25, -0.2) is 0 Å². The molecule has 0 aliphatic carbocycles. The summed E-state index contributed by atoms with van der Waals surface area (Å²) in [5, 5.41) is 11.7. The fourth-order valence-corrected chi connectivity index (χ4v) is 2.29. The van der Waals surface area contributed by atoms with E-state index in [4.69, 9.17) is 27.9 Å². The van der Waals surface area contributed by atoms with Crippen molar-refractivity contribution in [3.63, 3.8) is 0 Å². The van der Waals surface area contributed by atoms with Crippen molar-refractivity contribution in [2.24, 2.45) is 0 Å². The van der Waals surface area contributed by atoms with E-state index < -0.39 is 4.92 Å². The van der Waals surface area contributed by atoms with Gasteiger partial charge in [-0.3, -0.25) is 10.1 Å². The molecular weight excluding hydrogens is 357 g/mol. The molecule has 0 aliphatic heterocycles. The van der Waals surface area contributed by atoms with Gasteiger partial charge in [0.25, 0.3) is 0 Å². The maximum atomic E-state index is 11.0. The Morgan fingerprint density at radius 2 is 1.74 bits per heavy atom. The predicted octanol–water partition coefficient (Wildman–Crippen LogP) is 5.46. The van der Waals surface area contributed by atoms with Gasteiger partial charge in [0, 0.05) is 20.6 Å². The smallest absolute Gasteiger partial charge is 0.312 e. The summed E-state index contributed by atoms with van der Waals surface area (Å²) in [6.45, 7) is 0. The first kappa shape index (κ1) is 14.1. The summed E-state index contributed by atoms with van der Waals surface area (Å²) >= 11 is 14.8. The average Bonchev–Trinajstić information content (AvgIpc) is 2.30. The zero-order valence-electron chi connectivity index (χ0n) is 9.27. The van der Waals surface area contributed by atoms with Crippen LogP contribution >= 0.6 is 39.1 Å². The van der Waals surface area contributed by atoms with Crippen molar-refractivity contribution in [2.45, 2.75) is 0 Å². The molecule has 0 N–H and O–H groups in total. The van der Waals surface area contributed by atoms with Crippen LogP contribution in [0.2, 0.25) is 10.0 Å². The molecule has 2 rings (SSSR count). The molecule has 0 amide bonds. The Bertz CT molecular complexity index is 629. The van der Waals surface area contributed by atoms with Crippen molar-refractivity contribution >= 4 is 44.8 Å². The van der Waals surface area contributed by atoms with Crippen molar-refractivity contribution < 1.29 is 9.66 Å². The van der Waals surface area contributed by atoms with Crippen LogP contribution in [0.25, 0.3) is 0 Å². The molecule has 0 heterocycles. The summed E-state index contributed by atoms with van der Waals surface area (Å²) < 4.78 is 6.05. The largest absolute Gasteiger partial charge is 0.450 e. The maximum Gasteiger partial charge on any atom is 0.312 e. The molecule has 98 valence electrons. The highest BCUT2D eigenvalue weighted by atomic mass is 79.9. The molecule has 0 saturated heterocycles. The minimum atomic E-state index is -0.522. The molecule has 2 aromatic rings. The van der Waals surface area contributed by atoms with Gasteiger partial charge in [-0.15, -0.1) is 0 Å². The lowest BCUT2D eigenvalue weighted by Gasteiger charge is -2.07. The summed E-state index contributed by atoms with van der Waals surface area (Å²) in [6.07, 6.45) is 0. The maximum absolute atomic E-state index is 11.0. The Kier molecular flexibility index (Phi) is 4.29. The molecule has 0 aromatic heterocycles. The molecule has 19 heavy (non-hydrogen) atoms. The number of benzene rings is 2. The number of rotatable bonds is 3. The van der Waals surface area contributed by atoms with E-state index in [0.717, 1.165) is 0 Å². The SMILES string of the molecule is O=[N+]([O-])c1cc(Br)ccc1Oc1cc(Cl)cc(Cl)c1. The summed E-state index contributed by atoms with van der Waals surface area (Å²) in [7, 11) is 0. The molecule has 0 radical (unpaired) electrons. The second-order valence-corrected chi connectivity index (χ2v) is 5.36. The van der Waals surface area contributed by atoms with Crippen LogP contribution in [0.5, 0.6) is 11.5 Å². The first-order valence-corrected chi connectivity index (χ1v) is 6.58. The number of nitrogens with zero attached hydrogens (tertiary/aromatic N) is 1. The van der Waals surface area contributed by atoms with Gasteiger partial charge < -0.3 is 4.74 Å². The Morgan fingerprint density at radius 3 is 2.32 bits per heavy atom. The molecule has 4 nitrogen and oxygen atoms in total. The Labute approximate surface area is 127 Å². The number of halogens is 3. The number of ether oxygens (including phenoxy) is 1. The lowest BCUT2D eigenvalue weighted by atomic mass is 10.3. The summed E-state index contributed by atoms with van der Waals surface area (Å²) in [5.74, 6) is 0.453. The molecule has 7 heteroatoms. The number of hydrogen-bond donors (Lipinski definition) is 0. The third-order valence-electron chi connectivity index (χ3n) is 2.18. The number of nitro groups is 1. The third-order valence-corrected chi connectivity index (χ3v) is 3.11. The van der Waals surface area contributed by atoms with Gasteiger partial charge in [0.2, 0.25) is 5.75 Å². The lowest BCUT2D eigenvalue weighted by molar-refractivity contribution is -0.385. The van der Waals surface area contributed by atoms with E-state index in [2.05, 4.69) is 15.9 Å². The molecule has 0 atom stereocenters. The van der Waals surface area contributed by atoms with E-state index in [1.54, 1.807) is 12.1 Å². The van der Waals surface area contributed by atoms with Gasteiger partial charge >= 0.3 is 5.69 Å². The van der Waals surface area contributed by atoms with Gasteiger partial charge in [0.15, 0.2) is 0 Å². The van der Waals surface area contributed by atoms with Crippen molar-refractivity contribution in [2.75, 3.05) is 0 Å². The second-order valence-electron chi connectivity index (χ2n) is 3.58. The summed E-state index contributed by atoms with van der Waals surface area (Å²) in [4.78, 5) is 10.4. The monoisotopic (exact) mass is 361 g/mol. The Hall–Kier alpha value is -1.30. The first-order chi connectivity index (χ1) is 8.95. The van der Waals surface area contributed by atoms with Crippen LogP contribution in [-0.4, -0.2) is 4.92 Å². The lowest BCUT2D eigenvalue weighted by Crippen LogP contribution is -1.93. The van der Waals surface area contributed by atoms with Gasteiger partial charge in [0.1, 0.15) is 5.75 Å². The first-order valence-electron chi connectivity index (χ1n) is 5.03. The molecule has 2 aromatic carbocycles. The van der Waals surface area contributed by atoms with E-state index in [9.17, 15) is 10.1 Å². The van der Waals surface area contributed by atoms with Crippen molar-refractivity contribution in [3.8, 4) is 11.5 Å². The number of hydrogen-bond acceptors (Lipinski definition) is 3. The van der Waals surface area contributed by atoms with Crippen LogP contribution in [-0.2, 0) is 0 Å². The third kappa shape index (κ3) is 3.59. The zero-order chi connectivity index (χ0) is 14.0.